The third-order valence-corrected chi connectivity index (χ3v) is 7.96. The number of hydrogen-bond acceptors (Lipinski definition) is 7. The van der Waals surface area contributed by atoms with Gasteiger partial charge in [0.15, 0.2) is 11.5 Å². The van der Waals surface area contributed by atoms with Crippen LogP contribution in [0.3, 0.4) is 0 Å². The van der Waals surface area contributed by atoms with Crippen LogP contribution in [0.15, 0.2) is 28.9 Å². The van der Waals surface area contributed by atoms with Gasteiger partial charge >= 0.3 is 0 Å². The summed E-state index contributed by atoms with van der Waals surface area (Å²) in [6, 6.07) is 4.01. The first-order valence-electron chi connectivity index (χ1n) is 10.1. The highest BCUT2D eigenvalue weighted by atomic mass is 32.2. The maximum atomic E-state index is 13.3. The molecule has 1 atom stereocenters. The standard InChI is InChI=1S/C19H25N7O2S/c1-14-13-28-8-7-25(14)18-11-16(24-29(27)9-3-2-4-10-29)15-12-21-26(19(15)22-18)17-5-6-20-23-17/h5-6,11-12,14H,2-4,7-10,13H2,1H3,(H,20,23)/t14-/m1/s1. The van der Waals surface area contributed by atoms with E-state index in [0.717, 1.165) is 42.8 Å². The van der Waals surface area contributed by atoms with Crippen molar-refractivity contribution in [1.82, 2.24) is 25.0 Å². The van der Waals surface area contributed by atoms with E-state index in [0.29, 0.717) is 36.1 Å². The molecule has 0 aromatic carbocycles. The van der Waals surface area contributed by atoms with Crippen molar-refractivity contribution in [3.8, 4) is 5.82 Å². The number of aromatic nitrogens is 5. The van der Waals surface area contributed by atoms with Gasteiger partial charge in [-0.25, -0.2) is 9.19 Å². The largest absolute Gasteiger partial charge is 0.377 e. The molecule has 0 amide bonds. The van der Waals surface area contributed by atoms with Crippen molar-refractivity contribution in [2.24, 2.45) is 4.36 Å². The first-order valence-corrected chi connectivity index (χ1v) is 11.9. The number of anilines is 1. The fourth-order valence-electron chi connectivity index (χ4n) is 4.01. The predicted octanol–water partition coefficient (Wildman–Crippen LogP) is 2.65. The van der Waals surface area contributed by atoms with Gasteiger partial charge in [-0.1, -0.05) is 6.42 Å². The summed E-state index contributed by atoms with van der Waals surface area (Å²) in [4.78, 5) is 7.13. The van der Waals surface area contributed by atoms with E-state index in [1.54, 1.807) is 17.1 Å². The summed E-state index contributed by atoms with van der Waals surface area (Å²) in [6.07, 6.45) is 6.50. The molecule has 1 N–H and O–H groups in total. The van der Waals surface area contributed by atoms with Crippen LogP contribution in [0.25, 0.3) is 16.9 Å². The summed E-state index contributed by atoms with van der Waals surface area (Å²) in [6.45, 7) is 4.19. The molecule has 5 rings (SSSR count). The lowest BCUT2D eigenvalue weighted by atomic mass is 10.2. The zero-order valence-corrected chi connectivity index (χ0v) is 17.3. The third-order valence-electron chi connectivity index (χ3n) is 5.57. The van der Waals surface area contributed by atoms with Crippen LogP contribution in [0, 0.1) is 0 Å². The zero-order valence-electron chi connectivity index (χ0n) is 16.5. The first-order chi connectivity index (χ1) is 14.1. The van der Waals surface area contributed by atoms with E-state index in [1.807, 2.05) is 12.1 Å². The Morgan fingerprint density at radius 1 is 1.31 bits per heavy atom. The molecule has 0 radical (unpaired) electrons. The maximum absolute atomic E-state index is 13.3. The zero-order chi connectivity index (χ0) is 19.8. The molecule has 2 fully saturated rings. The van der Waals surface area contributed by atoms with E-state index in [2.05, 4.69) is 27.1 Å². The Morgan fingerprint density at radius 2 is 2.17 bits per heavy atom. The Balaban J connectivity index is 1.70. The number of fused-ring (bicyclic) bond motifs is 1. The quantitative estimate of drug-likeness (QED) is 0.706. The number of hydrogen-bond donors (Lipinski definition) is 1. The molecule has 10 heteroatoms. The molecule has 0 unspecified atom stereocenters. The number of aromatic amines is 1. The predicted molar refractivity (Wildman–Crippen MR) is 112 cm³/mol. The Hall–Kier alpha value is -2.46. The highest BCUT2D eigenvalue weighted by Gasteiger charge is 2.24. The van der Waals surface area contributed by atoms with E-state index < -0.39 is 9.73 Å². The van der Waals surface area contributed by atoms with Crippen molar-refractivity contribution in [3.05, 3.63) is 24.5 Å². The van der Waals surface area contributed by atoms with Crippen LogP contribution in [0.4, 0.5) is 11.5 Å². The minimum absolute atomic E-state index is 0.202. The Labute approximate surface area is 169 Å². The van der Waals surface area contributed by atoms with Gasteiger partial charge in [0.25, 0.3) is 0 Å². The highest BCUT2D eigenvalue weighted by Crippen LogP contribution is 2.33. The molecule has 2 saturated heterocycles. The van der Waals surface area contributed by atoms with Crippen LogP contribution in [0.1, 0.15) is 26.2 Å². The monoisotopic (exact) mass is 415 g/mol. The summed E-state index contributed by atoms with van der Waals surface area (Å²) >= 11 is 0. The van der Waals surface area contributed by atoms with Gasteiger partial charge in [0.1, 0.15) is 5.82 Å². The Kier molecular flexibility index (Phi) is 4.75. The van der Waals surface area contributed by atoms with E-state index in [9.17, 15) is 4.21 Å². The molecule has 0 bridgehead atoms. The van der Waals surface area contributed by atoms with Gasteiger partial charge in [-0.2, -0.15) is 19.2 Å². The van der Waals surface area contributed by atoms with Crippen LogP contribution in [0.2, 0.25) is 0 Å². The van der Waals surface area contributed by atoms with Crippen molar-refractivity contribution in [2.75, 3.05) is 36.2 Å². The van der Waals surface area contributed by atoms with Crippen LogP contribution in [-0.4, -0.2) is 66.5 Å². The molecule has 0 saturated carbocycles. The smallest absolute Gasteiger partial charge is 0.169 e. The number of pyridine rings is 1. The van der Waals surface area contributed by atoms with Gasteiger partial charge in [0.05, 0.1) is 52.5 Å². The number of morpholine rings is 1. The molecule has 154 valence electrons. The van der Waals surface area contributed by atoms with Gasteiger partial charge in [-0.05, 0) is 19.8 Å². The Morgan fingerprint density at radius 3 is 2.93 bits per heavy atom. The van der Waals surface area contributed by atoms with Crippen LogP contribution < -0.4 is 4.90 Å². The summed E-state index contributed by atoms with van der Waals surface area (Å²) < 4.78 is 25.5. The molecule has 2 aliphatic rings. The minimum atomic E-state index is -2.24. The van der Waals surface area contributed by atoms with Crippen molar-refractivity contribution in [1.29, 1.82) is 0 Å². The molecule has 29 heavy (non-hydrogen) atoms. The molecule has 2 aliphatic heterocycles. The number of ether oxygens (including phenoxy) is 1. The van der Waals surface area contributed by atoms with E-state index in [4.69, 9.17) is 14.1 Å². The highest BCUT2D eigenvalue weighted by molar-refractivity contribution is 7.93. The van der Waals surface area contributed by atoms with E-state index in [-0.39, 0.29) is 6.04 Å². The van der Waals surface area contributed by atoms with Gasteiger partial charge in [-0.15, -0.1) is 0 Å². The summed E-state index contributed by atoms with van der Waals surface area (Å²) in [5.41, 5.74) is 1.39. The fourth-order valence-corrected chi connectivity index (χ4v) is 6.22. The molecular formula is C19H25N7O2S. The van der Waals surface area contributed by atoms with Gasteiger partial charge in [0.2, 0.25) is 0 Å². The lowest BCUT2D eigenvalue weighted by Gasteiger charge is -2.34. The maximum Gasteiger partial charge on any atom is 0.169 e. The summed E-state index contributed by atoms with van der Waals surface area (Å²) in [5, 5.41) is 12.3. The molecule has 5 heterocycles. The number of nitrogens with one attached hydrogen (secondary N) is 1. The summed E-state index contributed by atoms with van der Waals surface area (Å²) in [7, 11) is -2.24. The average Bonchev–Trinajstić information content (AvgIpc) is 3.38. The lowest BCUT2D eigenvalue weighted by Crippen LogP contribution is -2.44. The molecule has 3 aromatic heterocycles. The lowest BCUT2D eigenvalue weighted by molar-refractivity contribution is 0.0985. The second-order valence-electron chi connectivity index (χ2n) is 7.69. The topological polar surface area (TPSA) is 101 Å². The first kappa shape index (κ1) is 18.6. The molecule has 0 aliphatic carbocycles. The van der Waals surface area contributed by atoms with Crippen molar-refractivity contribution in [2.45, 2.75) is 32.2 Å². The van der Waals surface area contributed by atoms with E-state index >= 15 is 0 Å². The third kappa shape index (κ3) is 3.51. The summed E-state index contributed by atoms with van der Waals surface area (Å²) in [5.74, 6) is 2.86. The SMILES string of the molecule is C[C@@H]1COCCN1c1cc(N=S2(=O)CCCCC2)c2cnn(-c3ccn[nH]3)c2n1. The van der Waals surface area contributed by atoms with Crippen molar-refractivity contribution < 1.29 is 8.95 Å². The average molecular weight is 416 g/mol. The van der Waals surface area contributed by atoms with Crippen LogP contribution in [0.5, 0.6) is 0 Å². The van der Waals surface area contributed by atoms with Crippen molar-refractivity contribution >= 4 is 32.3 Å². The van der Waals surface area contributed by atoms with Gasteiger partial charge in [0, 0.05) is 30.2 Å². The van der Waals surface area contributed by atoms with Crippen molar-refractivity contribution in [3.63, 3.8) is 0 Å². The Bertz CT molecular complexity index is 1120. The van der Waals surface area contributed by atoms with Crippen LogP contribution >= 0.6 is 0 Å². The second kappa shape index (κ2) is 7.42. The molecule has 0 spiro atoms. The molecular weight excluding hydrogens is 390 g/mol. The van der Waals surface area contributed by atoms with Gasteiger partial charge < -0.3 is 9.64 Å². The van der Waals surface area contributed by atoms with Crippen LogP contribution in [-0.2, 0) is 14.5 Å². The second-order valence-corrected chi connectivity index (χ2v) is 10.2. The number of H-pyrrole nitrogens is 1. The molecule has 9 nitrogen and oxygen atoms in total. The number of nitrogens with zero attached hydrogens (tertiary/aromatic N) is 6. The normalized spacial score (nSPS) is 22.1. The van der Waals surface area contributed by atoms with Gasteiger partial charge in [-0.3, -0.25) is 5.10 Å². The minimum Gasteiger partial charge on any atom is -0.377 e. The van der Waals surface area contributed by atoms with E-state index in [1.165, 1.54) is 0 Å². The molecule has 3 aromatic rings. The number of rotatable bonds is 3. The fraction of sp³-hybridized carbons (Fsp3) is 0.526.